The molecule has 1 aliphatic carbocycles. The van der Waals surface area contributed by atoms with Gasteiger partial charge < -0.3 is 0 Å². The van der Waals surface area contributed by atoms with Crippen molar-refractivity contribution in [1.29, 1.82) is 0 Å². The fourth-order valence-corrected chi connectivity index (χ4v) is 2.08. The fraction of sp³-hybridized carbons (Fsp3) is 0.600. The van der Waals surface area contributed by atoms with Crippen molar-refractivity contribution < 1.29 is 9.59 Å². The van der Waals surface area contributed by atoms with Gasteiger partial charge in [0, 0.05) is 24.3 Å². The van der Waals surface area contributed by atoms with Crippen LogP contribution in [0.2, 0.25) is 0 Å². The molecule has 0 aromatic rings. The summed E-state index contributed by atoms with van der Waals surface area (Å²) in [4.78, 5) is 24.1. The third-order valence-electron chi connectivity index (χ3n) is 3.37. The molecular weight excluding hydrogens is 212 g/mol. The van der Waals surface area contributed by atoms with Crippen LogP contribution in [0.25, 0.3) is 0 Å². The van der Waals surface area contributed by atoms with Crippen molar-refractivity contribution in [2.75, 3.05) is 0 Å². The molecule has 0 fully saturated rings. The molecule has 2 nitrogen and oxygen atoms in total. The Morgan fingerprint density at radius 2 is 1.88 bits per heavy atom. The predicted molar refractivity (Wildman–Crippen MR) is 69.8 cm³/mol. The van der Waals surface area contributed by atoms with Crippen molar-refractivity contribution in [2.45, 2.75) is 53.4 Å². The second-order valence-corrected chi connectivity index (χ2v) is 5.25. The highest BCUT2D eigenvalue weighted by molar-refractivity contribution is 6.02. The summed E-state index contributed by atoms with van der Waals surface area (Å²) in [7, 11) is 0. The van der Waals surface area contributed by atoms with Crippen LogP contribution in [0, 0.1) is 5.92 Å². The standard InChI is InChI=1S/C15H22O2/c1-10(2)13-9-14(16)12(4)7-5-6-11(3)8-15(13)17/h6,12H,5,7-9H2,1-4H3/b11-6+. The number of hydrogen-bond acceptors (Lipinski definition) is 2. The van der Waals surface area contributed by atoms with Gasteiger partial charge in [-0.25, -0.2) is 0 Å². The van der Waals surface area contributed by atoms with Gasteiger partial charge in [-0.05, 0) is 33.6 Å². The van der Waals surface area contributed by atoms with Crippen LogP contribution in [0.5, 0.6) is 0 Å². The highest BCUT2D eigenvalue weighted by Gasteiger charge is 2.20. The fourth-order valence-electron chi connectivity index (χ4n) is 2.08. The van der Waals surface area contributed by atoms with Crippen molar-refractivity contribution in [3.05, 3.63) is 22.8 Å². The lowest BCUT2D eigenvalue weighted by molar-refractivity contribution is -0.123. The van der Waals surface area contributed by atoms with Crippen LogP contribution in [-0.4, -0.2) is 11.6 Å². The summed E-state index contributed by atoms with van der Waals surface area (Å²) in [5.74, 6) is 0.364. The van der Waals surface area contributed by atoms with Crippen LogP contribution < -0.4 is 0 Å². The summed E-state index contributed by atoms with van der Waals surface area (Å²) in [5, 5.41) is 0. The minimum Gasteiger partial charge on any atom is -0.299 e. The van der Waals surface area contributed by atoms with Crippen molar-refractivity contribution in [3.63, 3.8) is 0 Å². The number of allylic oxidation sites excluding steroid dienone is 4. The SMILES string of the molecule is CC(C)=C1CC(=O)C(C)CC/C=C(\C)CC1=O. The van der Waals surface area contributed by atoms with E-state index in [4.69, 9.17) is 0 Å². The molecule has 0 radical (unpaired) electrons. The van der Waals surface area contributed by atoms with E-state index in [0.29, 0.717) is 12.8 Å². The average Bonchev–Trinajstić information content (AvgIpc) is 2.23. The Kier molecular flexibility index (Phi) is 4.86. The smallest absolute Gasteiger partial charge is 0.163 e. The Hall–Kier alpha value is -1.18. The van der Waals surface area contributed by atoms with E-state index in [-0.39, 0.29) is 17.5 Å². The molecule has 94 valence electrons. The molecule has 1 aliphatic rings. The number of carbonyl (C=O) groups excluding carboxylic acids is 2. The van der Waals surface area contributed by atoms with Crippen LogP contribution in [0.3, 0.4) is 0 Å². The van der Waals surface area contributed by atoms with Gasteiger partial charge in [-0.1, -0.05) is 24.1 Å². The minimum absolute atomic E-state index is 0.0549. The maximum absolute atomic E-state index is 12.1. The number of carbonyl (C=O) groups is 2. The summed E-state index contributed by atoms with van der Waals surface area (Å²) in [5.41, 5.74) is 2.82. The lowest BCUT2D eigenvalue weighted by atomic mass is 9.88. The molecule has 0 saturated carbocycles. The van der Waals surface area contributed by atoms with Gasteiger partial charge in [-0.2, -0.15) is 0 Å². The molecule has 0 amide bonds. The van der Waals surface area contributed by atoms with Crippen LogP contribution in [-0.2, 0) is 9.59 Å². The first-order chi connectivity index (χ1) is 7.91. The number of hydrogen-bond donors (Lipinski definition) is 0. The summed E-state index contributed by atoms with van der Waals surface area (Å²) in [6.07, 6.45) is 4.66. The van der Waals surface area contributed by atoms with Crippen LogP contribution >= 0.6 is 0 Å². The van der Waals surface area contributed by atoms with Crippen molar-refractivity contribution >= 4 is 11.6 Å². The van der Waals surface area contributed by atoms with Gasteiger partial charge in [0.1, 0.15) is 5.78 Å². The third-order valence-corrected chi connectivity index (χ3v) is 3.37. The summed E-state index contributed by atoms with van der Waals surface area (Å²) < 4.78 is 0. The Morgan fingerprint density at radius 1 is 1.24 bits per heavy atom. The largest absolute Gasteiger partial charge is 0.299 e. The van der Waals surface area contributed by atoms with Crippen molar-refractivity contribution in [2.24, 2.45) is 5.92 Å². The molecule has 2 heteroatoms. The van der Waals surface area contributed by atoms with E-state index in [0.717, 1.165) is 29.6 Å². The highest BCUT2D eigenvalue weighted by Crippen LogP contribution is 2.22. The lowest BCUT2D eigenvalue weighted by Crippen LogP contribution is -2.17. The van der Waals surface area contributed by atoms with Crippen molar-refractivity contribution in [1.82, 2.24) is 0 Å². The van der Waals surface area contributed by atoms with Crippen LogP contribution in [0.1, 0.15) is 53.4 Å². The molecule has 0 bridgehead atoms. The molecule has 17 heavy (non-hydrogen) atoms. The van der Waals surface area contributed by atoms with Gasteiger partial charge in [0.2, 0.25) is 0 Å². The average molecular weight is 234 g/mol. The van der Waals surface area contributed by atoms with E-state index in [2.05, 4.69) is 6.08 Å². The lowest BCUT2D eigenvalue weighted by Gasteiger charge is -2.15. The van der Waals surface area contributed by atoms with Gasteiger partial charge in [0.05, 0.1) is 0 Å². The zero-order valence-corrected chi connectivity index (χ0v) is 11.3. The number of Topliss-reactive ketones (excluding diaryl/α,β-unsaturated/α-hetero) is 2. The quantitative estimate of drug-likeness (QED) is 0.474. The summed E-state index contributed by atoms with van der Waals surface area (Å²) in [6, 6.07) is 0. The van der Waals surface area contributed by atoms with E-state index in [1.54, 1.807) is 0 Å². The predicted octanol–water partition coefficient (Wildman–Crippen LogP) is 3.62. The van der Waals surface area contributed by atoms with E-state index < -0.39 is 0 Å². The monoisotopic (exact) mass is 234 g/mol. The maximum Gasteiger partial charge on any atom is 0.163 e. The molecule has 1 atom stereocenters. The van der Waals surface area contributed by atoms with E-state index in [9.17, 15) is 9.59 Å². The molecule has 0 saturated heterocycles. The van der Waals surface area contributed by atoms with E-state index in [1.807, 2.05) is 27.7 Å². The molecule has 0 N–H and O–H groups in total. The zero-order valence-electron chi connectivity index (χ0n) is 11.3. The molecule has 1 rings (SSSR count). The first kappa shape index (κ1) is 13.9. The Bertz CT molecular complexity index is 382. The maximum atomic E-state index is 12.1. The van der Waals surface area contributed by atoms with Gasteiger partial charge >= 0.3 is 0 Å². The van der Waals surface area contributed by atoms with Gasteiger partial charge in [0.15, 0.2) is 5.78 Å². The molecule has 0 aliphatic heterocycles. The van der Waals surface area contributed by atoms with Gasteiger partial charge in [-0.15, -0.1) is 0 Å². The summed E-state index contributed by atoms with van der Waals surface area (Å²) in [6.45, 7) is 7.78. The summed E-state index contributed by atoms with van der Waals surface area (Å²) >= 11 is 0. The van der Waals surface area contributed by atoms with Gasteiger partial charge in [-0.3, -0.25) is 9.59 Å². The van der Waals surface area contributed by atoms with E-state index >= 15 is 0 Å². The minimum atomic E-state index is 0.0549. The van der Waals surface area contributed by atoms with Crippen LogP contribution in [0.4, 0.5) is 0 Å². The third kappa shape index (κ3) is 3.95. The molecule has 0 aromatic carbocycles. The zero-order chi connectivity index (χ0) is 13.0. The second-order valence-electron chi connectivity index (χ2n) is 5.25. The van der Waals surface area contributed by atoms with Crippen LogP contribution in [0.15, 0.2) is 22.8 Å². The molecular formula is C15H22O2. The van der Waals surface area contributed by atoms with Gasteiger partial charge in [0.25, 0.3) is 0 Å². The van der Waals surface area contributed by atoms with Crippen molar-refractivity contribution in [3.8, 4) is 0 Å². The first-order valence-electron chi connectivity index (χ1n) is 6.29. The highest BCUT2D eigenvalue weighted by atomic mass is 16.1. The number of ketones is 2. The molecule has 1 unspecified atom stereocenters. The first-order valence-corrected chi connectivity index (χ1v) is 6.29. The Labute approximate surface area is 104 Å². The molecule has 0 spiro atoms. The molecule has 0 heterocycles. The Morgan fingerprint density at radius 3 is 2.47 bits per heavy atom. The molecule has 0 aromatic heterocycles. The second kappa shape index (κ2) is 5.95. The number of rotatable bonds is 0. The Balaban J connectivity index is 3.03. The normalized spacial score (nSPS) is 26.5. The van der Waals surface area contributed by atoms with E-state index in [1.165, 1.54) is 0 Å². The topological polar surface area (TPSA) is 34.1 Å².